The normalized spacial score (nSPS) is 28.5. The Labute approximate surface area is 165 Å². The lowest BCUT2D eigenvalue weighted by Crippen LogP contribution is -2.51. The van der Waals surface area contributed by atoms with E-state index in [1.54, 1.807) is 40.7 Å². The fourth-order valence-corrected chi connectivity index (χ4v) is 3.27. The van der Waals surface area contributed by atoms with Gasteiger partial charge in [-0.25, -0.2) is 9.59 Å². The molecule has 3 atom stereocenters. The molecule has 0 aromatic rings. The number of hydrogen-bond donors (Lipinski definition) is 1. The van der Waals surface area contributed by atoms with Crippen molar-refractivity contribution in [3.05, 3.63) is 11.6 Å². The summed E-state index contributed by atoms with van der Waals surface area (Å²) in [6.45, 7) is 9.02. The van der Waals surface area contributed by atoms with Crippen LogP contribution in [-0.4, -0.2) is 61.6 Å². The number of ether oxygens (including phenoxy) is 4. The average Bonchev–Trinajstić information content (AvgIpc) is 2.89. The lowest BCUT2D eigenvalue weighted by molar-refractivity contribution is -0.145. The molecular weight excluding hydrogens is 368 g/mol. The van der Waals surface area contributed by atoms with E-state index < -0.39 is 35.7 Å². The van der Waals surface area contributed by atoms with Crippen LogP contribution in [0.4, 0.5) is 4.79 Å². The molecule has 0 radical (unpaired) electrons. The van der Waals surface area contributed by atoms with E-state index in [1.807, 2.05) is 0 Å². The summed E-state index contributed by atoms with van der Waals surface area (Å²) in [4.78, 5) is 28.9. The van der Waals surface area contributed by atoms with Crippen molar-refractivity contribution < 1.29 is 33.4 Å². The van der Waals surface area contributed by atoms with Crippen molar-refractivity contribution in [1.82, 2.24) is 5.32 Å². The van der Waals surface area contributed by atoms with Crippen molar-refractivity contribution >= 4 is 17.8 Å². The molecule has 2 aliphatic rings. The molecule has 1 aliphatic carbocycles. The number of fused-ring (bicyclic) bond motifs is 1. The molecule has 1 N–H and O–H groups in total. The third-order valence-electron chi connectivity index (χ3n) is 4.24. The molecule has 1 aliphatic heterocycles. The number of carbonyl (C=O) groups is 2. The Morgan fingerprint density at radius 1 is 1.25 bits per heavy atom. The van der Waals surface area contributed by atoms with Crippen LogP contribution in [0.1, 0.15) is 47.5 Å². The Balaban J connectivity index is 2.23. The van der Waals surface area contributed by atoms with E-state index in [2.05, 4.69) is 10.5 Å². The van der Waals surface area contributed by atoms with Gasteiger partial charge in [0.1, 0.15) is 24.9 Å². The van der Waals surface area contributed by atoms with E-state index in [0.717, 1.165) is 5.57 Å². The SMILES string of the molecule is CO/N=C(\C=C1/CC[C@@H](NC(=O)OC(C)(C)C)[C@@H]2OC(C)(C)O[C@H]12)C(=O)OC. The predicted molar refractivity (Wildman–Crippen MR) is 101 cm³/mol. The van der Waals surface area contributed by atoms with Gasteiger partial charge in [0.15, 0.2) is 11.5 Å². The van der Waals surface area contributed by atoms with Crippen LogP contribution in [0.15, 0.2) is 16.8 Å². The summed E-state index contributed by atoms with van der Waals surface area (Å²) in [5.41, 5.74) is 0.256. The zero-order valence-corrected chi connectivity index (χ0v) is 17.5. The second kappa shape index (κ2) is 8.48. The smallest absolute Gasteiger partial charge is 0.407 e. The molecule has 1 amide bonds. The maximum absolute atomic E-state index is 12.2. The number of alkyl carbamates (subject to hydrolysis) is 1. The number of oxime groups is 1. The summed E-state index contributed by atoms with van der Waals surface area (Å²) >= 11 is 0. The number of carbonyl (C=O) groups excluding carboxylic acids is 2. The van der Waals surface area contributed by atoms with Crippen LogP contribution in [-0.2, 0) is 28.6 Å². The van der Waals surface area contributed by atoms with Gasteiger partial charge in [-0.05, 0) is 59.1 Å². The van der Waals surface area contributed by atoms with Crippen molar-refractivity contribution in [3.63, 3.8) is 0 Å². The van der Waals surface area contributed by atoms with Gasteiger partial charge in [-0.15, -0.1) is 0 Å². The highest BCUT2D eigenvalue weighted by Gasteiger charge is 2.49. The van der Waals surface area contributed by atoms with Gasteiger partial charge in [-0.2, -0.15) is 0 Å². The quantitative estimate of drug-likeness (QED) is 0.440. The first-order chi connectivity index (χ1) is 13.0. The van der Waals surface area contributed by atoms with Crippen molar-refractivity contribution in [2.75, 3.05) is 14.2 Å². The lowest BCUT2D eigenvalue weighted by atomic mass is 9.85. The van der Waals surface area contributed by atoms with E-state index in [0.29, 0.717) is 12.8 Å². The summed E-state index contributed by atoms with van der Waals surface area (Å²) in [7, 11) is 2.62. The Morgan fingerprint density at radius 3 is 2.50 bits per heavy atom. The minimum absolute atomic E-state index is 0.0330. The number of methoxy groups -OCH3 is 1. The molecule has 158 valence electrons. The number of nitrogens with one attached hydrogen (secondary N) is 1. The first kappa shape index (κ1) is 22.2. The Kier molecular flexibility index (Phi) is 6.71. The summed E-state index contributed by atoms with van der Waals surface area (Å²) in [6.07, 6.45) is 1.38. The van der Waals surface area contributed by atoms with Crippen LogP contribution in [0.5, 0.6) is 0 Å². The van der Waals surface area contributed by atoms with Gasteiger partial charge >= 0.3 is 12.1 Å². The van der Waals surface area contributed by atoms with Crippen molar-refractivity contribution in [2.24, 2.45) is 5.16 Å². The Hall–Kier alpha value is -2.13. The second-order valence-corrected chi connectivity index (χ2v) is 8.18. The third kappa shape index (κ3) is 5.68. The number of rotatable bonds is 4. The summed E-state index contributed by atoms with van der Waals surface area (Å²) in [5, 5.41) is 6.60. The fraction of sp³-hybridized carbons (Fsp3) is 0.737. The fourth-order valence-electron chi connectivity index (χ4n) is 3.27. The molecule has 0 spiro atoms. The zero-order valence-electron chi connectivity index (χ0n) is 17.5. The van der Waals surface area contributed by atoms with E-state index in [9.17, 15) is 9.59 Å². The molecule has 1 saturated carbocycles. The molecule has 28 heavy (non-hydrogen) atoms. The van der Waals surface area contributed by atoms with Crippen LogP contribution in [0.25, 0.3) is 0 Å². The average molecular weight is 398 g/mol. The van der Waals surface area contributed by atoms with E-state index >= 15 is 0 Å². The Morgan fingerprint density at radius 2 is 1.93 bits per heavy atom. The summed E-state index contributed by atoms with van der Waals surface area (Å²) in [6, 6.07) is -0.292. The maximum atomic E-state index is 12.2. The zero-order chi connectivity index (χ0) is 21.1. The Bertz CT molecular complexity index is 664. The van der Waals surface area contributed by atoms with Gasteiger partial charge in [0.2, 0.25) is 0 Å². The first-order valence-electron chi connectivity index (χ1n) is 9.21. The molecule has 9 nitrogen and oxygen atoms in total. The molecule has 9 heteroatoms. The van der Waals surface area contributed by atoms with Crippen LogP contribution in [0, 0.1) is 0 Å². The van der Waals surface area contributed by atoms with Crippen LogP contribution in [0.3, 0.4) is 0 Å². The number of amides is 1. The third-order valence-corrected chi connectivity index (χ3v) is 4.24. The molecule has 2 fully saturated rings. The molecule has 1 heterocycles. The van der Waals surface area contributed by atoms with Gasteiger partial charge in [0.05, 0.1) is 13.2 Å². The van der Waals surface area contributed by atoms with Gasteiger partial charge in [0.25, 0.3) is 0 Å². The van der Waals surface area contributed by atoms with Crippen molar-refractivity contribution in [1.29, 1.82) is 0 Å². The number of nitrogens with zero attached hydrogens (tertiary/aromatic N) is 1. The first-order valence-corrected chi connectivity index (χ1v) is 9.21. The summed E-state index contributed by atoms with van der Waals surface area (Å²) in [5.74, 6) is -1.45. The van der Waals surface area contributed by atoms with Crippen molar-refractivity contribution in [3.8, 4) is 0 Å². The highest BCUT2D eigenvalue weighted by Crippen LogP contribution is 2.39. The number of hydrogen-bond acceptors (Lipinski definition) is 8. The van der Waals surface area contributed by atoms with E-state index in [1.165, 1.54) is 14.2 Å². The van der Waals surface area contributed by atoms with Gasteiger partial charge < -0.3 is 29.1 Å². The van der Waals surface area contributed by atoms with Crippen LogP contribution in [0.2, 0.25) is 0 Å². The lowest BCUT2D eigenvalue weighted by Gasteiger charge is -2.34. The van der Waals surface area contributed by atoms with Crippen LogP contribution < -0.4 is 5.32 Å². The largest absolute Gasteiger partial charge is 0.464 e. The maximum Gasteiger partial charge on any atom is 0.407 e. The second-order valence-electron chi connectivity index (χ2n) is 8.18. The standard InChI is InChI=1S/C19H30N2O7/c1-18(2,3)28-17(23)20-12-9-8-11(10-13(21-25-7)16(22)24-6)14-15(12)27-19(4,5)26-14/h10,12,14-15H,8-9H2,1-7H3,(H,20,23)/b11-10+,21-13+/t12-,14-,15+/m1/s1. The van der Waals surface area contributed by atoms with Gasteiger partial charge in [-0.1, -0.05) is 5.16 Å². The molecule has 0 aromatic carbocycles. The molecular formula is C19H30N2O7. The van der Waals surface area contributed by atoms with Gasteiger partial charge in [0, 0.05) is 0 Å². The highest BCUT2D eigenvalue weighted by molar-refractivity contribution is 6.41. The molecule has 0 aromatic heterocycles. The highest BCUT2D eigenvalue weighted by atomic mass is 16.8. The predicted octanol–water partition coefficient (Wildman–Crippen LogP) is 2.30. The minimum Gasteiger partial charge on any atom is -0.464 e. The monoisotopic (exact) mass is 398 g/mol. The molecule has 2 rings (SSSR count). The molecule has 0 unspecified atom stereocenters. The van der Waals surface area contributed by atoms with Crippen LogP contribution >= 0.6 is 0 Å². The van der Waals surface area contributed by atoms with Gasteiger partial charge in [-0.3, -0.25) is 0 Å². The van der Waals surface area contributed by atoms with Crippen molar-refractivity contribution in [2.45, 2.75) is 77.1 Å². The van der Waals surface area contributed by atoms with E-state index in [-0.39, 0.29) is 11.8 Å². The minimum atomic E-state index is -0.837. The number of esters is 1. The topological polar surface area (TPSA) is 105 Å². The molecule has 1 saturated heterocycles. The van der Waals surface area contributed by atoms with E-state index in [4.69, 9.17) is 23.8 Å². The molecule has 0 bridgehead atoms. The summed E-state index contributed by atoms with van der Waals surface area (Å²) < 4.78 is 22.2.